The molecule has 0 saturated heterocycles. The Morgan fingerprint density at radius 2 is 1.90 bits per heavy atom. The molecule has 0 radical (unpaired) electrons. The molecule has 0 spiro atoms. The molecule has 1 aromatic rings. The lowest BCUT2D eigenvalue weighted by molar-refractivity contribution is -0.0190. The van der Waals surface area contributed by atoms with Crippen molar-refractivity contribution in [3.63, 3.8) is 0 Å². The first-order valence-electron chi connectivity index (χ1n) is 7.68. The second-order valence-corrected chi connectivity index (χ2v) is 6.43. The van der Waals surface area contributed by atoms with Crippen LogP contribution < -0.4 is 4.74 Å². The number of aliphatic hydroxyl groups excluding tert-OH is 1. The van der Waals surface area contributed by atoms with E-state index in [4.69, 9.17) is 4.74 Å². The van der Waals surface area contributed by atoms with Crippen molar-refractivity contribution in [2.45, 2.75) is 52.2 Å². The minimum Gasteiger partial charge on any atom is -0.496 e. The van der Waals surface area contributed by atoms with Gasteiger partial charge in [0.25, 0.3) is 0 Å². The molecule has 0 saturated carbocycles. The van der Waals surface area contributed by atoms with Gasteiger partial charge in [-0.3, -0.25) is 4.90 Å². The fraction of sp³-hybridized carbons (Fsp3) is 0.647. The Hall–Kier alpha value is -0.580. The van der Waals surface area contributed by atoms with Gasteiger partial charge in [0.2, 0.25) is 0 Å². The molecule has 1 N–H and O–H groups in total. The summed E-state index contributed by atoms with van der Waals surface area (Å²) >= 11 is 3.50. The van der Waals surface area contributed by atoms with E-state index in [2.05, 4.69) is 48.5 Å². The smallest absolute Gasteiger partial charge is 0.133 e. The zero-order valence-corrected chi connectivity index (χ0v) is 15.4. The number of nitrogens with zero attached hydrogens (tertiary/aromatic N) is 1. The van der Waals surface area contributed by atoms with E-state index in [1.165, 1.54) is 0 Å². The highest BCUT2D eigenvalue weighted by Crippen LogP contribution is 2.29. The first-order valence-corrected chi connectivity index (χ1v) is 8.47. The molecule has 0 aliphatic rings. The molecule has 0 heterocycles. The molecule has 0 aliphatic carbocycles. The van der Waals surface area contributed by atoms with Crippen LogP contribution in [0.15, 0.2) is 22.7 Å². The lowest BCUT2D eigenvalue weighted by atomic mass is 9.85. The van der Waals surface area contributed by atoms with Crippen molar-refractivity contribution < 1.29 is 9.84 Å². The van der Waals surface area contributed by atoms with Crippen LogP contribution in [0.2, 0.25) is 0 Å². The van der Waals surface area contributed by atoms with E-state index in [9.17, 15) is 5.11 Å². The van der Waals surface area contributed by atoms with Crippen LogP contribution in [0.5, 0.6) is 5.75 Å². The van der Waals surface area contributed by atoms with Crippen molar-refractivity contribution in [3.8, 4) is 5.75 Å². The van der Waals surface area contributed by atoms with Gasteiger partial charge < -0.3 is 9.84 Å². The van der Waals surface area contributed by atoms with Crippen molar-refractivity contribution in [3.05, 3.63) is 28.2 Å². The van der Waals surface area contributed by atoms with Crippen molar-refractivity contribution >= 4 is 15.9 Å². The van der Waals surface area contributed by atoms with E-state index in [1.54, 1.807) is 7.11 Å². The van der Waals surface area contributed by atoms with Crippen LogP contribution in [0.1, 0.15) is 39.7 Å². The monoisotopic (exact) mass is 357 g/mol. The number of hydrogen-bond acceptors (Lipinski definition) is 3. The summed E-state index contributed by atoms with van der Waals surface area (Å²) in [4.78, 5) is 2.34. The fourth-order valence-electron chi connectivity index (χ4n) is 2.90. The Morgan fingerprint density at radius 1 is 1.29 bits per heavy atom. The third-order valence-electron chi connectivity index (χ3n) is 4.56. The maximum Gasteiger partial charge on any atom is 0.133 e. The second-order valence-electron chi connectivity index (χ2n) is 5.57. The molecule has 0 aliphatic heterocycles. The van der Waals surface area contributed by atoms with Gasteiger partial charge in [-0.05, 0) is 60.1 Å². The number of halogens is 1. The highest BCUT2D eigenvalue weighted by molar-refractivity contribution is 9.10. The Labute approximate surface area is 137 Å². The number of ether oxygens (including phenoxy) is 1. The first-order chi connectivity index (χ1) is 9.92. The van der Waals surface area contributed by atoms with Gasteiger partial charge in [-0.1, -0.05) is 26.8 Å². The van der Waals surface area contributed by atoms with Crippen molar-refractivity contribution in [2.24, 2.45) is 0 Å². The lowest BCUT2D eigenvalue weighted by Crippen LogP contribution is -2.54. The Morgan fingerprint density at radius 3 is 2.33 bits per heavy atom. The highest BCUT2D eigenvalue weighted by atomic mass is 79.9. The molecular formula is C17H28BrNO2. The molecule has 0 amide bonds. The molecule has 0 aromatic heterocycles. The van der Waals surface area contributed by atoms with E-state index in [-0.39, 0.29) is 5.54 Å². The number of benzene rings is 1. The number of rotatable bonds is 8. The minimum absolute atomic E-state index is 0.199. The SMILES string of the molecule is CCN(CC)C(C)(CC)C(O)Cc1ccc(OC)c(Br)c1. The Kier molecular flexibility index (Phi) is 7.17. The summed E-state index contributed by atoms with van der Waals surface area (Å²) in [5, 5.41) is 10.8. The zero-order valence-electron chi connectivity index (χ0n) is 13.8. The van der Waals surface area contributed by atoms with Gasteiger partial charge in [0, 0.05) is 12.0 Å². The van der Waals surface area contributed by atoms with Gasteiger partial charge in [-0.15, -0.1) is 0 Å². The molecule has 0 fully saturated rings. The molecule has 2 atom stereocenters. The number of aliphatic hydroxyl groups is 1. The van der Waals surface area contributed by atoms with Gasteiger partial charge in [-0.2, -0.15) is 0 Å². The number of likely N-dealkylation sites (N-methyl/N-ethyl adjacent to an activating group) is 1. The summed E-state index contributed by atoms with van der Waals surface area (Å²) in [6.07, 6.45) is 1.17. The summed E-state index contributed by atoms with van der Waals surface area (Å²) in [7, 11) is 1.66. The van der Waals surface area contributed by atoms with Gasteiger partial charge in [-0.25, -0.2) is 0 Å². The summed E-state index contributed by atoms with van der Waals surface area (Å²) in [5.41, 5.74) is 0.914. The van der Waals surface area contributed by atoms with Crippen molar-refractivity contribution in [2.75, 3.05) is 20.2 Å². The van der Waals surface area contributed by atoms with E-state index < -0.39 is 6.10 Å². The summed E-state index contributed by atoms with van der Waals surface area (Å²) in [6.45, 7) is 10.5. The van der Waals surface area contributed by atoms with Crippen LogP contribution in [0.25, 0.3) is 0 Å². The largest absolute Gasteiger partial charge is 0.496 e. The van der Waals surface area contributed by atoms with E-state index in [0.29, 0.717) is 6.42 Å². The van der Waals surface area contributed by atoms with Crippen LogP contribution in [0, 0.1) is 0 Å². The molecule has 1 rings (SSSR count). The second kappa shape index (κ2) is 8.16. The number of hydrogen-bond donors (Lipinski definition) is 1. The maximum absolute atomic E-state index is 10.8. The third-order valence-corrected chi connectivity index (χ3v) is 5.18. The van der Waals surface area contributed by atoms with Gasteiger partial charge in [0.05, 0.1) is 17.7 Å². The normalized spacial score (nSPS) is 15.8. The average molecular weight is 358 g/mol. The summed E-state index contributed by atoms with van der Waals surface area (Å²) < 4.78 is 6.18. The summed E-state index contributed by atoms with van der Waals surface area (Å²) in [6, 6.07) is 5.98. The van der Waals surface area contributed by atoms with Crippen LogP contribution >= 0.6 is 15.9 Å². The predicted molar refractivity (Wildman–Crippen MR) is 92.0 cm³/mol. The average Bonchev–Trinajstić information content (AvgIpc) is 2.48. The van der Waals surface area contributed by atoms with Crippen LogP contribution in [0.4, 0.5) is 0 Å². The molecule has 0 bridgehead atoms. The minimum atomic E-state index is -0.400. The van der Waals surface area contributed by atoms with Gasteiger partial charge >= 0.3 is 0 Å². The van der Waals surface area contributed by atoms with Crippen LogP contribution in [0.3, 0.4) is 0 Å². The highest BCUT2D eigenvalue weighted by Gasteiger charge is 2.35. The predicted octanol–water partition coefficient (Wildman–Crippen LogP) is 3.87. The lowest BCUT2D eigenvalue weighted by Gasteiger charge is -2.43. The quantitative estimate of drug-likeness (QED) is 0.766. The maximum atomic E-state index is 10.8. The fourth-order valence-corrected chi connectivity index (χ4v) is 3.48. The molecule has 21 heavy (non-hydrogen) atoms. The molecule has 1 aromatic carbocycles. The van der Waals surface area contributed by atoms with Gasteiger partial charge in [0.15, 0.2) is 0 Å². The molecule has 3 nitrogen and oxygen atoms in total. The first kappa shape index (κ1) is 18.5. The third kappa shape index (κ3) is 4.21. The number of methoxy groups -OCH3 is 1. The molecule has 120 valence electrons. The van der Waals surface area contributed by atoms with Gasteiger partial charge in [0.1, 0.15) is 5.75 Å². The standard InChI is InChI=1S/C17H28BrNO2/c1-6-17(4,19(7-2)8-3)16(20)12-13-9-10-15(21-5)14(18)11-13/h9-11,16,20H,6-8,12H2,1-5H3. The topological polar surface area (TPSA) is 32.7 Å². The molecule has 4 heteroatoms. The van der Waals surface area contributed by atoms with Crippen molar-refractivity contribution in [1.82, 2.24) is 4.90 Å². The zero-order chi connectivity index (χ0) is 16.0. The Bertz CT molecular complexity index is 448. The van der Waals surface area contributed by atoms with E-state index >= 15 is 0 Å². The Balaban J connectivity index is 2.92. The molecule has 2 unspecified atom stereocenters. The van der Waals surface area contributed by atoms with Crippen molar-refractivity contribution in [1.29, 1.82) is 0 Å². The van der Waals surface area contributed by atoms with Crippen LogP contribution in [-0.4, -0.2) is 41.8 Å². The van der Waals surface area contributed by atoms with Crippen LogP contribution in [-0.2, 0) is 6.42 Å². The van der Waals surface area contributed by atoms with E-state index in [0.717, 1.165) is 35.3 Å². The van der Waals surface area contributed by atoms with E-state index in [1.807, 2.05) is 18.2 Å². The molecular weight excluding hydrogens is 330 g/mol. The summed E-state index contributed by atoms with van der Waals surface area (Å²) in [5.74, 6) is 0.815.